The van der Waals surface area contributed by atoms with Crippen LogP contribution in [0.25, 0.3) is 0 Å². The first-order valence-corrected chi connectivity index (χ1v) is 10.2. The minimum Gasteiger partial charge on any atom is -0.481 e. The predicted molar refractivity (Wildman–Crippen MR) is 113 cm³/mol. The van der Waals surface area contributed by atoms with Crippen LogP contribution in [0.4, 0.5) is 0 Å². The Kier molecular flexibility index (Phi) is 7.99. The lowest BCUT2D eigenvalue weighted by molar-refractivity contribution is -0.139. The van der Waals surface area contributed by atoms with Gasteiger partial charge in [0.2, 0.25) is 0 Å². The van der Waals surface area contributed by atoms with Gasteiger partial charge in [0.05, 0.1) is 0 Å². The minimum atomic E-state index is -0.438. The predicted octanol–water partition coefficient (Wildman–Crippen LogP) is 4.30. The fourth-order valence-electron chi connectivity index (χ4n) is 3.56. The Hall–Kier alpha value is -1.26. The van der Waals surface area contributed by atoms with Crippen molar-refractivity contribution in [2.24, 2.45) is 5.92 Å². The average Bonchev–Trinajstić information content (AvgIpc) is 3.46. The molecule has 3 rings (SSSR count). The molecule has 0 aromatic heterocycles. The van der Waals surface area contributed by atoms with Crippen molar-refractivity contribution in [3.8, 4) is 5.75 Å². The topological polar surface area (TPSA) is 41.6 Å². The van der Waals surface area contributed by atoms with Gasteiger partial charge in [0, 0.05) is 19.1 Å². The first-order valence-electron chi connectivity index (χ1n) is 10.2. The molecule has 1 unspecified atom stereocenters. The van der Waals surface area contributed by atoms with E-state index in [1.165, 1.54) is 18.4 Å². The summed E-state index contributed by atoms with van der Waals surface area (Å²) < 4.78 is 6.06. The van der Waals surface area contributed by atoms with E-state index in [0.717, 1.165) is 49.7 Å². The van der Waals surface area contributed by atoms with Crippen LogP contribution in [-0.4, -0.2) is 42.6 Å². The molecule has 1 heterocycles. The zero-order chi connectivity index (χ0) is 18.7. The van der Waals surface area contributed by atoms with Crippen LogP contribution in [0.15, 0.2) is 18.2 Å². The molecule has 152 valence electrons. The van der Waals surface area contributed by atoms with E-state index in [1.807, 2.05) is 18.7 Å². The number of hydrogen-bond donors (Lipinski definition) is 1. The summed E-state index contributed by atoms with van der Waals surface area (Å²) in [4.78, 5) is 14.8. The van der Waals surface area contributed by atoms with Crippen LogP contribution in [0.2, 0.25) is 0 Å². The molecule has 1 saturated heterocycles. The van der Waals surface area contributed by atoms with Crippen LogP contribution in [0.5, 0.6) is 5.75 Å². The summed E-state index contributed by atoms with van der Waals surface area (Å²) in [6.45, 7) is 11.1. The molecule has 1 aromatic rings. The van der Waals surface area contributed by atoms with Gasteiger partial charge in [-0.25, -0.2) is 0 Å². The Balaban J connectivity index is 0.00000261. The number of rotatable bonds is 7. The van der Waals surface area contributed by atoms with Gasteiger partial charge in [-0.05, 0) is 75.1 Å². The molecule has 0 spiro atoms. The number of piperidine rings is 1. The fourth-order valence-corrected chi connectivity index (χ4v) is 3.56. The number of carbonyl (C=O) groups is 1. The molecular formula is C22H35ClN2O2. The van der Waals surface area contributed by atoms with Crippen LogP contribution in [0, 0.1) is 12.8 Å². The molecule has 1 amide bonds. The monoisotopic (exact) mass is 394 g/mol. The molecule has 2 fully saturated rings. The number of likely N-dealkylation sites (tertiary alicyclic amines) is 1. The Bertz CT molecular complexity index is 623. The fraction of sp³-hybridized carbons (Fsp3) is 0.682. The second kappa shape index (κ2) is 9.79. The van der Waals surface area contributed by atoms with E-state index in [9.17, 15) is 4.79 Å². The minimum absolute atomic E-state index is 0. The number of hydrogen-bond acceptors (Lipinski definition) is 3. The van der Waals surface area contributed by atoms with Gasteiger partial charge in [-0.1, -0.05) is 26.0 Å². The van der Waals surface area contributed by atoms with E-state index >= 15 is 0 Å². The van der Waals surface area contributed by atoms with Gasteiger partial charge in [-0.2, -0.15) is 0 Å². The van der Waals surface area contributed by atoms with Gasteiger partial charge in [0.1, 0.15) is 5.75 Å². The standard InChI is InChI=1S/C22H34N2O2.ClH/c1-15(2)19-8-5-16(3)21(13-19)26-17(4)22(25)24-11-9-20(10-12-24)23-14-18-6-7-18;/h5,8,13,15,17-18,20,23H,6-7,9-12,14H2,1-4H3;1H. The van der Waals surface area contributed by atoms with Crippen molar-refractivity contribution in [2.45, 2.75) is 71.4 Å². The highest BCUT2D eigenvalue weighted by Gasteiger charge is 2.28. The lowest BCUT2D eigenvalue weighted by atomic mass is 10.0. The van der Waals surface area contributed by atoms with Crippen molar-refractivity contribution in [1.82, 2.24) is 10.2 Å². The van der Waals surface area contributed by atoms with E-state index in [1.54, 1.807) is 0 Å². The molecule has 1 N–H and O–H groups in total. The Labute approximate surface area is 170 Å². The van der Waals surface area contributed by atoms with Crippen LogP contribution in [0.3, 0.4) is 0 Å². The number of nitrogens with one attached hydrogen (secondary N) is 1. The zero-order valence-corrected chi connectivity index (χ0v) is 18.0. The number of ether oxygens (including phenoxy) is 1. The van der Waals surface area contributed by atoms with Gasteiger partial charge in [0.25, 0.3) is 5.91 Å². The van der Waals surface area contributed by atoms with Gasteiger partial charge in [0.15, 0.2) is 6.10 Å². The smallest absolute Gasteiger partial charge is 0.263 e. The third-order valence-electron chi connectivity index (χ3n) is 5.73. The normalized spacial score (nSPS) is 18.9. The highest BCUT2D eigenvalue weighted by Crippen LogP contribution is 2.28. The molecule has 0 bridgehead atoms. The molecule has 0 radical (unpaired) electrons. The molecule has 4 nitrogen and oxygen atoms in total. The number of carbonyl (C=O) groups excluding carboxylic acids is 1. The summed E-state index contributed by atoms with van der Waals surface area (Å²) in [5.41, 5.74) is 2.32. The molecule has 5 heteroatoms. The summed E-state index contributed by atoms with van der Waals surface area (Å²) in [6.07, 6.45) is 4.43. The Morgan fingerprint density at radius 3 is 2.44 bits per heavy atom. The first kappa shape index (κ1) is 22.0. The van der Waals surface area contributed by atoms with E-state index in [-0.39, 0.29) is 18.3 Å². The van der Waals surface area contributed by atoms with Crippen LogP contribution >= 0.6 is 12.4 Å². The van der Waals surface area contributed by atoms with Crippen molar-refractivity contribution >= 4 is 18.3 Å². The first-order chi connectivity index (χ1) is 12.4. The van der Waals surface area contributed by atoms with E-state index in [4.69, 9.17) is 4.74 Å². The molecule has 2 aliphatic rings. The number of amides is 1. The highest BCUT2D eigenvalue weighted by molar-refractivity contribution is 5.85. The van der Waals surface area contributed by atoms with Crippen LogP contribution in [0.1, 0.15) is 63.5 Å². The van der Waals surface area contributed by atoms with Crippen LogP contribution in [-0.2, 0) is 4.79 Å². The number of halogens is 1. The van der Waals surface area contributed by atoms with Crippen molar-refractivity contribution in [3.05, 3.63) is 29.3 Å². The van der Waals surface area contributed by atoms with E-state index in [0.29, 0.717) is 12.0 Å². The lowest BCUT2D eigenvalue weighted by Gasteiger charge is -2.34. The molecular weight excluding hydrogens is 360 g/mol. The summed E-state index contributed by atoms with van der Waals surface area (Å²) >= 11 is 0. The summed E-state index contributed by atoms with van der Waals surface area (Å²) in [7, 11) is 0. The van der Waals surface area contributed by atoms with E-state index in [2.05, 4.69) is 37.4 Å². The SMILES string of the molecule is Cc1ccc(C(C)C)cc1OC(C)C(=O)N1CCC(NCC2CC2)CC1.Cl. The van der Waals surface area contributed by atoms with Gasteiger partial charge in [-0.15, -0.1) is 12.4 Å². The second-order valence-corrected chi connectivity index (χ2v) is 8.39. The van der Waals surface area contributed by atoms with Crippen LogP contribution < -0.4 is 10.1 Å². The number of benzene rings is 1. The van der Waals surface area contributed by atoms with E-state index < -0.39 is 6.10 Å². The number of aryl methyl sites for hydroxylation is 1. The van der Waals surface area contributed by atoms with Crippen molar-refractivity contribution < 1.29 is 9.53 Å². The second-order valence-electron chi connectivity index (χ2n) is 8.39. The maximum Gasteiger partial charge on any atom is 0.263 e. The highest BCUT2D eigenvalue weighted by atomic mass is 35.5. The summed E-state index contributed by atoms with van der Waals surface area (Å²) in [5, 5.41) is 3.67. The Morgan fingerprint density at radius 1 is 1.19 bits per heavy atom. The molecule has 1 aliphatic heterocycles. The summed E-state index contributed by atoms with van der Waals surface area (Å²) in [6, 6.07) is 6.87. The third kappa shape index (κ3) is 6.11. The van der Waals surface area contributed by atoms with Crippen molar-refractivity contribution in [1.29, 1.82) is 0 Å². The molecule has 1 aliphatic carbocycles. The molecule has 27 heavy (non-hydrogen) atoms. The maximum absolute atomic E-state index is 12.8. The zero-order valence-electron chi connectivity index (χ0n) is 17.2. The largest absolute Gasteiger partial charge is 0.481 e. The summed E-state index contributed by atoms with van der Waals surface area (Å²) in [5.74, 6) is 2.30. The molecule has 1 atom stereocenters. The lowest BCUT2D eigenvalue weighted by Crippen LogP contribution is -2.48. The van der Waals surface area contributed by atoms with Gasteiger partial charge < -0.3 is 15.0 Å². The molecule has 1 saturated carbocycles. The van der Waals surface area contributed by atoms with Gasteiger partial charge >= 0.3 is 0 Å². The van der Waals surface area contributed by atoms with Gasteiger partial charge in [-0.3, -0.25) is 4.79 Å². The molecule has 1 aromatic carbocycles. The average molecular weight is 395 g/mol. The third-order valence-corrected chi connectivity index (χ3v) is 5.73. The number of nitrogens with zero attached hydrogens (tertiary/aromatic N) is 1. The maximum atomic E-state index is 12.8. The quantitative estimate of drug-likeness (QED) is 0.749. The van der Waals surface area contributed by atoms with Crippen molar-refractivity contribution in [2.75, 3.05) is 19.6 Å². The van der Waals surface area contributed by atoms with Crippen molar-refractivity contribution in [3.63, 3.8) is 0 Å². The Morgan fingerprint density at radius 2 is 1.85 bits per heavy atom.